The van der Waals surface area contributed by atoms with Gasteiger partial charge in [0.05, 0.1) is 19.7 Å². The van der Waals surface area contributed by atoms with Gasteiger partial charge >= 0.3 is 0 Å². The standard InChI is InChI=1S/C14H20N4O2/c1-3-19-12-6-4-11(5-7-12)9-18(2)10-13-16-14(8-15)20-17-13/h4-7H,3,8-10,15H2,1-2H3. The van der Waals surface area contributed by atoms with Gasteiger partial charge in [0.2, 0.25) is 5.89 Å². The normalized spacial score (nSPS) is 11.0. The summed E-state index contributed by atoms with van der Waals surface area (Å²) in [4.78, 5) is 6.30. The lowest BCUT2D eigenvalue weighted by Gasteiger charge is -2.14. The van der Waals surface area contributed by atoms with Crippen LogP contribution >= 0.6 is 0 Å². The van der Waals surface area contributed by atoms with E-state index in [4.69, 9.17) is 15.0 Å². The molecule has 2 aromatic rings. The number of aromatic nitrogens is 2. The van der Waals surface area contributed by atoms with Crippen LogP contribution in [0.2, 0.25) is 0 Å². The molecule has 1 heterocycles. The topological polar surface area (TPSA) is 77.4 Å². The molecule has 6 nitrogen and oxygen atoms in total. The van der Waals surface area contributed by atoms with Gasteiger partial charge in [-0.15, -0.1) is 0 Å². The molecular weight excluding hydrogens is 256 g/mol. The monoisotopic (exact) mass is 276 g/mol. The van der Waals surface area contributed by atoms with Crippen LogP contribution in [0.1, 0.15) is 24.2 Å². The Kier molecular flexibility index (Phi) is 5.09. The van der Waals surface area contributed by atoms with Crippen LogP contribution in [0.4, 0.5) is 0 Å². The van der Waals surface area contributed by atoms with Gasteiger partial charge in [0.25, 0.3) is 0 Å². The molecule has 0 bridgehead atoms. The molecule has 0 unspecified atom stereocenters. The van der Waals surface area contributed by atoms with Crippen LogP contribution in [-0.2, 0) is 19.6 Å². The van der Waals surface area contributed by atoms with E-state index < -0.39 is 0 Å². The molecule has 0 atom stereocenters. The summed E-state index contributed by atoms with van der Waals surface area (Å²) in [5, 5.41) is 3.88. The Morgan fingerprint density at radius 3 is 2.60 bits per heavy atom. The van der Waals surface area contributed by atoms with Gasteiger partial charge in [-0.1, -0.05) is 17.3 Å². The fraction of sp³-hybridized carbons (Fsp3) is 0.429. The van der Waals surface area contributed by atoms with Crippen LogP contribution in [0, 0.1) is 0 Å². The highest BCUT2D eigenvalue weighted by Gasteiger charge is 2.08. The van der Waals surface area contributed by atoms with Crippen molar-refractivity contribution >= 4 is 0 Å². The van der Waals surface area contributed by atoms with Crippen LogP contribution in [0.3, 0.4) is 0 Å². The highest BCUT2D eigenvalue weighted by molar-refractivity contribution is 5.27. The Labute approximate surface area is 118 Å². The maximum atomic E-state index is 5.43. The Morgan fingerprint density at radius 1 is 1.25 bits per heavy atom. The van der Waals surface area contributed by atoms with E-state index in [1.807, 2.05) is 26.1 Å². The highest BCUT2D eigenvalue weighted by Crippen LogP contribution is 2.13. The second-order valence-electron chi connectivity index (χ2n) is 4.56. The molecule has 0 fully saturated rings. The molecule has 0 saturated heterocycles. The van der Waals surface area contributed by atoms with Gasteiger partial charge in [-0.3, -0.25) is 4.90 Å². The molecule has 2 rings (SSSR count). The van der Waals surface area contributed by atoms with Gasteiger partial charge in [-0.05, 0) is 31.7 Å². The summed E-state index contributed by atoms with van der Waals surface area (Å²) < 4.78 is 10.4. The number of rotatable bonds is 7. The lowest BCUT2D eigenvalue weighted by atomic mass is 10.2. The van der Waals surface area contributed by atoms with Gasteiger partial charge in [0, 0.05) is 6.54 Å². The van der Waals surface area contributed by atoms with Crippen LogP contribution in [0.25, 0.3) is 0 Å². The average Bonchev–Trinajstić information content (AvgIpc) is 2.89. The molecule has 0 aliphatic heterocycles. The molecule has 108 valence electrons. The van der Waals surface area contributed by atoms with Gasteiger partial charge in [-0.2, -0.15) is 4.98 Å². The summed E-state index contributed by atoms with van der Waals surface area (Å²) in [6, 6.07) is 8.08. The first-order chi connectivity index (χ1) is 9.71. The number of nitrogens with zero attached hydrogens (tertiary/aromatic N) is 3. The van der Waals surface area contributed by atoms with E-state index in [0.29, 0.717) is 24.9 Å². The van der Waals surface area contributed by atoms with Gasteiger partial charge < -0.3 is 15.0 Å². The second-order valence-corrected chi connectivity index (χ2v) is 4.56. The van der Waals surface area contributed by atoms with Crippen molar-refractivity contribution in [1.82, 2.24) is 15.0 Å². The molecule has 2 N–H and O–H groups in total. The van der Waals surface area contributed by atoms with Crippen molar-refractivity contribution in [2.75, 3.05) is 13.7 Å². The molecule has 0 spiro atoms. The molecule has 6 heteroatoms. The molecule has 1 aromatic carbocycles. The first-order valence-corrected chi connectivity index (χ1v) is 6.63. The van der Waals surface area contributed by atoms with Crippen molar-refractivity contribution in [2.45, 2.75) is 26.6 Å². The zero-order chi connectivity index (χ0) is 14.4. The van der Waals surface area contributed by atoms with Crippen molar-refractivity contribution < 1.29 is 9.26 Å². The Bertz CT molecular complexity index is 524. The third kappa shape index (κ3) is 4.04. The summed E-state index contributed by atoms with van der Waals surface area (Å²) >= 11 is 0. The smallest absolute Gasteiger partial charge is 0.240 e. The molecule has 0 amide bonds. The van der Waals surface area contributed by atoms with Crippen LogP contribution in [-0.4, -0.2) is 28.7 Å². The molecule has 0 aliphatic carbocycles. The minimum absolute atomic E-state index is 0.273. The van der Waals surface area contributed by atoms with Crippen molar-refractivity contribution in [3.8, 4) is 5.75 Å². The lowest BCUT2D eigenvalue weighted by Crippen LogP contribution is -2.18. The van der Waals surface area contributed by atoms with Crippen LogP contribution < -0.4 is 10.5 Å². The molecule has 1 aromatic heterocycles. The van der Waals surface area contributed by atoms with Crippen molar-refractivity contribution in [3.05, 3.63) is 41.5 Å². The lowest BCUT2D eigenvalue weighted by molar-refractivity contribution is 0.299. The first-order valence-electron chi connectivity index (χ1n) is 6.63. The van der Waals surface area contributed by atoms with E-state index >= 15 is 0 Å². The molecule has 0 aliphatic rings. The third-order valence-electron chi connectivity index (χ3n) is 2.78. The van der Waals surface area contributed by atoms with Gasteiger partial charge in [-0.25, -0.2) is 0 Å². The maximum Gasteiger partial charge on any atom is 0.240 e. The van der Waals surface area contributed by atoms with E-state index in [2.05, 4.69) is 27.2 Å². The SMILES string of the molecule is CCOc1ccc(CN(C)Cc2noc(CN)n2)cc1. The number of hydrogen-bond acceptors (Lipinski definition) is 6. The second kappa shape index (κ2) is 7.02. The van der Waals surface area contributed by atoms with Gasteiger partial charge in [0.15, 0.2) is 5.82 Å². The summed E-state index contributed by atoms with van der Waals surface area (Å²) in [5.41, 5.74) is 6.64. The fourth-order valence-electron chi connectivity index (χ4n) is 1.90. The minimum atomic E-state index is 0.273. The number of hydrogen-bond donors (Lipinski definition) is 1. The van der Waals surface area contributed by atoms with E-state index in [9.17, 15) is 0 Å². The summed E-state index contributed by atoms with van der Waals surface area (Å²) in [6.45, 7) is 4.36. The van der Waals surface area contributed by atoms with Crippen molar-refractivity contribution in [1.29, 1.82) is 0 Å². The van der Waals surface area contributed by atoms with Gasteiger partial charge in [0.1, 0.15) is 5.75 Å². The van der Waals surface area contributed by atoms with E-state index in [-0.39, 0.29) is 6.54 Å². The molecule has 0 radical (unpaired) electrons. The van der Waals surface area contributed by atoms with Crippen molar-refractivity contribution in [2.24, 2.45) is 5.73 Å². The quantitative estimate of drug-likeness (QED) is 0.827. The van der Waals surface area contributed by atoms with E-state index in [1.165, 1.54) is 5.56 Å². The van der Waals surface area contributed by atoms with Crippen LogP contribution in [0.15, 0.2) is 28.8 Å². The maximum absolute atomic E-state index is 5.43. The Morgan fingerprint density at radius 2 is 2.00 bits per heavy atom. The zero-order valence-corrected chi connectivity index (χ0v) is 11.9. The third-order valence-corrected chi connectivity index (χ3v) is 2.78. The minimum Gasteiger partial charge on any atom is -0.494 e. The first kappa shape index (κ1) is 14.5. The number of ether oxygens (including phenoxy) is 1. The fourth-order valence-corrected chi connectivity index (χ4v) is 1.90. The molecular formula is C14H20N4O2. The van der Waals surface area contributed by atoms with Crippen molar-refractivity contribution in [3.63, 3.8) is 0 Å². The zero-order valence-electron chi connectivity index (χ0n) is 11.9. The molecule has 0 saturated carbocycles. The van der Waals surface area contributed by atoms with Crippen LogP contribution in [0.5, 0.6) is 5.75 Å². The average molecular weight is 276 g/mol. The molecule has 20 heavy (non-hydrogen) atoms. The Hall–Kier alpha value is -1.92. The summed E-state index contributed by atoms with van der Waals surface area (Å²) in [5.74, 6) is 2.01. The summed E-state index contributed by atoms with van der Waals surface area (Å²) in [7, 11) is 2.01. The highest BCUT2D eigenvalue weighted by atomic mass is 16.5. The number of nitrogens with two attached hydrogens (primary N) is 1. The van der Waals surface area contributed by atoms with E-state index in [0.717, 1.165) is 12.3 Å². The largest absolute Gasteiger partial charge is 0.494 e. The number of benzene rings is 1. The summed E-state index contributed by atoms with van der Waals surface area (Å²) in [6.07, 6.45) is 0. The predicted molar refractivity (Wildman–Crippen MR) is 75.0 cm³/mol. The van der Waals surface area contributed by atoms with E-state index in [1.54, 1.807) is 0 Å². The predicted octanol–water partition coefficient (Wildman–Crippen LogP) is 1.56. The Balaban J connectivity index is 1.88.